The van der Waals surface area contributed by atoms with Gasteiger partial charge in [-0.3, -0.25) is 4.55 Å². The summed E-state index contributed by atoms with van der Waals surface area (Å²) in [6, 6.07) is 0.664. The van der Waals surface area contributed by atoms with Crippen LogP contribution in [0.5, 0.6) is 0 Å². The first-order valence-corrected chi connectivity index (χ1v) is 4.38. The second-order valence-electron chi connectivity index (χ2n) is 2.02. The quantitative estimate of drug-likeness (QED) is 0.488. The van der Waals surface area contributed by atoms with Gasteiger partial charge < -0.3 is 5.11 Å². The van der Waals surface area contributed by atoms with Crippen molar-refractivity contribution in [3.63, 3.8) is 0 Å². The molecular formula is C5H4N2O5S. The molecule has 1 aromatic rings. The molecule has 0 spiro atoms. The molecular weight excluding hydrogens is 200 g/mol. The molecule has 8 heteroatoms. The van der Waals surface area contributed by atoms with Crippen molar-refractivity contribution in [3.8, 4) is 0 Å². The number of aromatic nitrogens is 2. The van der Waals surface area contributed by atoms with Crippen LogP contribution in [0.15, 0.2) is 17.4 Å². The molecule has 0 aliphatic rings. The van der Waals surface area contributed by atoms with Crippen molar-refractivity contribution < 1.29 is 22.9 Å². The van der Waals surface area contributed by atoms with E-state index >= 15 is 0 Å². The van der Waals surface area contributed by atoms with E-state index in [1.165, 1.54) is 0 Å². The van der Waals surface area contributed by atoms with Crippen LogP contribution in [-0.2, 0) is 10.1 Å². The van der Waals surface area contributed by atoms with Gasteiger partial charge in [0.1, 0.15) is 6.33 Å². The number of rotatable bonds is 2. The highest BCUT2D eigenvalue weighted by atomic mass is 32.2. The van der Waals surface area contributed by atoms with Crippen LogP contribution in [0.25, 0.3) is 0 Å². The van der Waals surface area contributed by atoms with Crippen LogP contribution in [0.2, 0.25) is 0 Å². The minimum atomic E-state index is -4.47. The molecule has 0 radical (unpaired) electrons. The first-order valence-electron chi connectivity index (χ1n) is 2.94. The minimum absolute atomic E-state index is 0.498. The lowest BCUT2D eigenvalue weighted by Crippen LogP contribution is -2.06. The third-order valence-electron chi connectivity index (χ3n) is 1.13. The standard InChI is InChI=1S/C5H4N2O5S/c8-5(9)3-1-4(7-2-6-3)13(10,11)12/h1-2H,(H,8,9)(H,10,11,12). The van der Waals surface area contributed by atoms with Gasteiger partial charge >= 0.3 is 16.1 Å². The molecule has 0 aromatic carbocycles. The molecule has 0 unspecified atom stereocenters. The van der Waals surface area contributed by atoms with Crippen molar-refractivity contribution in [3.05, 3.63) is 18.1 Å². The third-order valence-corrected chi connectivity index (χ3v) is 1.88. The van der Waals surface area contributed by atoms with E-state index in [1.807, 2.05) is 0 Å². The Morgan fingerprint density at radius 1 is 1.38 bits per heavy atom. The molecule has 1 heterocycles. The number of hydrogen-bond donors (Lipinski definition) is 2. The molecule has 13 heavy (non-hydrogen) atoms. The number of nitrogens with zero attached hydrogens (tertiary/aromatic N) is 2. The van der Waals surface area contributed by atoms with Crippen molar-refractivity contribution in [2.24, 2.45) is 0 Å². The minimum Gasteiger partial charge on any atom is -0.477 e. The Bertz CT molecular complexity index is 440. The molecule has 1 rings (SSSR count). The summed E-state index contributed by atoms with van der Waals surface area (Å²) in [5.74, 6) is -1.40. The Kier molecular flexibility index (Phi) is 2.26. The maximum absolute atomic E-state index is 10.5. The molecule has 7 nitrogen and oxygen atoms in total. The summed E-state index contributed by atoms with van der Waals surface area (Å²) < 4.78 is 29.4. The van der Waals surface area contributed by atoms with Gasteiger partial charge in [-0.05, 0) is 0 Å². The fourth-order valence-corrected chi connectivity index (χ4v) is 1.04. The summed E-state index contributed by atoms with van der Waals surface area (Å²) in [6.07, 6.45) is 0.743. The van der Waals surface area contributed by atoms with Crippen molar-refractivity contribution in [1.29, 1.82) is 0 Å². The predicted molar refractivity (Wildman–Crippen MR) is 38.8 cm³/mol. The Morgan fingerprint density at radius 3 is 2.46 bits per heavy atom. The van der Waals surface area contributed by atoms with E-state index < -0.39 is 26.8 Å². The molecule has 0 aliphatic carbocycles. The van der Waals surface area contributed by atoms with E-state index in [2.05, 4.69) is 9.97 Å². The molecule has 2 N–H and O–H groups in total. The van der Waals surface area contributed by atoms with Crippen LogP contribution >= 0.6 is 0 Å². The van der Waals surface area contributed by atoms with Crippen molar-refractivity contribution >= 4 is 16.1 Å². The molecule has 0 saturated carbocycles. The monoisotopic (exact) mass is 204 g/mol. The Balaban J connectivity index is 3.29. The Labute approximate surface area is 72.8 Å². The topological polar surface area (TPSA) is 117 Å². The zero-order valence-corrected chi connectivity index (χ0v) is 6.89. The summed E-state index contributed by atoms with van der Waals surface area (Å²) in [6.45, 7) is 0. The van der Waals surface area contributed by atoms with Crippen LogP contribution < -0.4 is 0 Å². The molecule has 0 atom stereocenters. The van der Waals surface area contributed by atoms with Crippen LogP contribution in [0.4, 0.5) is 0 Å². The van der Waals surface area contributed by atoms with Gasteiger partial charge in [-0.25, -0.2) is 14.8 Å². The highest BCUT2D eigenvalue weighted by Crippen LogP contribution is 2.04. The van der Waals surface area contributed by atoms with E-state index in [4.69, 9.17) is 9.66 Å². The fraction of sp³-hybridized carbons (Fsp3) is 0. The SMILES string of the molecule is O=C(O)c1cc(S(=O)(=O)O)ncn1. The molecule has 0 aliphatic heterocycles. The van der Waals surface area contributed by atoms with Gasteiger partial charge in [-0.15, -0.1) is 0 Å². The summed E-state index contributed by atoms with van der Waals surface area (Å²) in [7, 11) is -4.47. The number of carboxylic acids is 1. The lowest BCUT2D eigenvalue weighted by Gasteiger charge is -1.95. The normalized spacial score (nSPS) is 11.2. The van der Waals surface area contributed by atoms with Crippen molar-refractivity contribution in [2.75, 3.05) is 0 Å². The summed E-state index contributed by atoms with van der Waals surface area (Å²) >= 11 is 0. The number of carboxylic acid groups (broad SMARTS) is 1. The zero-order valence-electron chi connectivity index (χ0n) is 6.08. The number of aromatic carboxylic acids is 1. The van der Waals surface area contributed by atoms with Crippen molar-refractivity contribution in [1.82, 2.24) is 9.97 Å². The first kappa shape index (κ1) is 9.55. The highest BCUT2D eigenvalue weighted by molar-refractivity contribution is 7.85. The highest BCUT2D eigenvalue weighted by Gasteiger charge is 2.14. The van der Waals surface area contributed by atoms with Gasteiger partial charge in [-0.2, -0.15) is 8.42 Å². The van der Waals surface area contributed by atoms with E-state index in [0.29, 0.717) is 6.07 Å². The van der Waals surface area contributed by atoms with E-state index in [9.17, 15) is 13.2 Å². The van der Waals surface area contributed by atoms with Gasteiger partial charge in [0.2, 0.25) is 0 Å². The van der Waals surface area contributed by atoms with E-state index in [-0.39, 0.29) is 0 Å². The van der Waals surface area contributed by atoms with Crippen LogP contribution in [0, 0.1) is 0 Å². The van der Waals surface area contributed by atoms with Gasteiger partial charge in [0.15, 0.2) is 10.7 Å². The smallest absolute Gasteiger partial charge is 0.354 e. The zero-order chi connectivity index (χ0) is 10.1. The summed E-state index contributed by atoms with van der Waals surface area (Å²) in [4.78, 5) is 16.8. The van der Waals surface area contributed by atoms with Gasteiger partial charge in [0.05, 0.1) is 0 Å². The van der Waals surface area contributed by atoms with Crippen LogP contribution in [0.3, 0.4) is 0 Å². The maximum Gasteiger partial charge on any atom is 0.354 e. The van der Waals surface area contributed by atoms with Gasteiger partial charge in [-0.1, -0.05) is 0 Å². The summed E-state index contributed by atoms with van der Waals surface area (Å²) in [5, 5.41) is 7.67. The lowest BCUT2D eigenvalue weighted by atomic mass is 10.4. The molecule has 70 valence electrons. The molecule has 0 saturated heterocycles. The number of hydrogen-bond acceptors (Lipinski definition) is 5. The van der Waals surface area contributed by atoms with E-state index in [0.717, 1.165) is 6.33 Å². The summed E-state index contributed by atoms with van der Waals surface area (Å²) in [5.41, 5.74) is -0.498. The van der Waals surface area contributed by atoms with E-state index in [1.54, 1.807) is 0 Å². The second-order valence-corrected chi connectivity index (χ2v) is 3.39. The first-order chi connectivity index (χ1) is 5.91. The Morgan fingerprint density at radius 2 is 2.00 bits per heavy atom. The molecule has 0 bridgehead atoms. The van der Waals surface area contributed by atoms with Gasteiger partial charge in [0, 0.05) is 6.07 Å². The second kappa shape index (κ2) is 3.07. The van der Waals surface area contributed by atoms with Gasteiger partial charge in [0.25, 0.3) is 0 Å². The third kappa shape index (κ3) is 2.20. The predicted octanol–water partition coefficient (Wildman–Crippen LogP) is -0.579. The molecule has 0 fully saturated rings. The van der Waals surface area contributed by atoms with Crippen LogP contribution in [-0.4, -0.2) is 34.0 Å². The van der Waals surface area contributed by atoms with Crippen LogP contribution in [0.1, 0.15) is 10.5 Å². The fourth-order valence-electron chi connectivity index (χ4n) is 0.597. The number of carbonyl (C=O) groups is 1. The Hall–Kier alpha value is -1.54. The van der Waals surface area contributed by atoms with Crippen molar-refractivity contribution in [2.45, 2.75) is 5.03 Å². The lowest BCUT2D eigenvalue weighted by molar-refractivity contribution is 0.0690. The largest absolute Gasteiger partial charge is 0.477 e. The molecule has 1 aromatic heterocycles. The molecule has 0 amide bonds. The average Bonchev–Trinajstić information content (AvgIpc) is 2.03. The average molecular weight is 204 g/mol. The maximum atomic E-state index is 10.5.